The third-order valence-corrected chi connectivity index (χ3v) is 4.42. The summed E-state index contributed by atoms with van der Waals surface area (Å²) in [5.41, 5.74) is 1.06. The molecule has 0 spiro atoms. The van der Waals surface area contributed by atoms with E-state index in [-0.39, 0.29) is 5.56 Å². The fourth-order valence-corrected chi connectivity index (χ4v) is 2.86. The summed E-state index contributed by atoms with van der Waals surface area (Å²) >= 11 is 0. The van der Waals surface area contributed by atoms with Crippen molar-refractivity contribution < 1.29 is 22.7 Å². The Morgan fingerprint density at radius 1 is 1.30 bits per heavy atom. The molecule has 2 N–H and O–H groups in total. The Labute approximate surface area is 115 Å². The average Bonchev–Trinajstić information content (AvgIpc) is 2.86. The molecule has 20 heavy (non-hydrogen) atoms. The fraction of sp³-hybridized carbons (Fsp3) is 0.333. The van der Waals surface area contributed by atoms with Crippen LogP contribution in [0.5, 0.6) is 0 Å². The van der Waals surface area contributed by atoms with E-state index >= 15 is 0 Å². The van der Waals surface area contributed by atoms with Gasteiger partial charge < -0.3 is 14.8 Å². The molecule has 108 valence electrons. The average molecular weight is 298 g/mol. The van der Waals surface area contributed by atoms with Crippen LogP contribution in [-0.2, 0) is 9.84 Å². The van der Waals surface area contributed by atoms with E-state index < -0.39 is 15.8 Å². The van der Waals surface area contributed by atoms with Crippen LogP contribution < -0.4 is 5.32 Å². The molecule has 0 unspecified atom stereocenters. The van der Waals surface area contributed by atoms with Gasteiger partial charge in [0.25, 0.3) is 0 Å². The number of carbonyl (C=O) groups is 1. The second-order valence-corrected chi connectivity index (χ2v) is 6.52. The van der Waals surface area contributed by atoms with E-state index in [1.165, 1.54) is 12.5 Å². The number of hydrogen-bond donors (Lipinski definition) is 2. The summed E-state index contributed by atoms with van der Waals surface area (Å²) < 4.78 is 26.2. The lowest BCUT2D eigenvalue weighted by Crippen LogP contribution is -2.35. The second-order valence-electron chi connectivity index (χ2n) is 4.21. The first-order valence-electron chi connectivity index (χ1n) is 5.96. The Balaban J connectivity index is 0.000000160. The van der Waals surface area contributed by atoms with Gasteiger partial charge in [0, 0.05) is 13.1 Å². The van der Waals surface area contributed by atoms with Crippen molar-refractivity contribution in [3.63, 3.8) is 0 Å². The predicted molar refractivity (Wildman–Crippen MR) is 72.5 cm³/mol. The molecule has 0 bridgehead atoms. The summed E-state index contributed by atoms with van der Waals surface area (Å²) in [7, 11) is -2.65. The van der Waals surface area contributed by atoms with Crippen LogP contribution in [0, 0.1) is 0 Å². The number of aromatic carboxylic acids is 1. The van der Waals surface area contributed by atoms with Crippen LogP contribution in [0.25, 0.3) is 11.1 Å². The zero-order valence-corrected chi connectivity index (χ0v) is 11.4. The van der Waals surface area contributed by atoms with Crippen LogP contribution in [0.4, 0.5) is 0 Å². The molecule has 0 amide bonds. The molecule has 1 aliphatic heterocycles. The van der Waals surface area contributed by atoms with E-state index in [1.807, 2.05) is 0 Å². The number of hydrogen-bond acceptors (Lipinski definition) is 6. The van der Waals surface area contributed by atoms with Gasteiger partial charge in [-0.2, -0.15) is 0 Å². The molecule has 1 saturated heterocycles. The largest absolute Gasteiger partial charge is 0.478 e. The van der Waals surface area contributed by atoms with Crippen molar-refractivity contribution in [2.45, 2.75) is 0 Å². The lowest BCUT2D eigenvalue weighted by Gasteiger charge is -2.10. The lowest BCUT2D eigenvalue weighted by atomic mass is 10.2. The lowest BCUT2D eigenvalue weighted by molar-refractivity contribution is 0.0699. The Bertz CT molecular complexity index is 695. The van der Waals surface area contributed by atoms with Gasteiger partial charge in [0.05, 0.1) is 17.1 Å². The number of carboxylic acids is 1. The van der Waals surface area contributed by atoms with E-state index in [1.54, 1.807) is 12.1 Å². The first kappa shape index (κ1) is 14.5. The topological polar surface area (TPSA) is 110 Å². The highest BCUT2D eigenvalue weighted by atomic mass is 32.2. The summed E-state index contributed by atoms with van der Waals surface area (Å²) in [6.45, 7) is 1.25. The molecular formula is C12H14N2O5S. The van der Waals surface area contributed by atoms with Gasteiger partial charge in [-0.15, -0.1) is 0 Å². The van der Waals surface area contributed by atoms with E-state index in [4.69, 9.17) is 9.52 Å². The van der Waals surface area contributed by atoms with Crippen LogP contribution in [0.15, 0.2) is 29.0 Å². The van der Waals surface area contributed by atoms with E-state index in [9.17, 15) is 13.2 Å². The van der Waals surface area contributed by atoms with Crippen molar-refractivity contribution in [1.82, 2.24) is 10.3 Å². The van der Waals surface area contributed by atoms with Gasteiger partial charge in [0.1, 0.15) is 5.52 Å². The van der Waals surface area contributed by atoms with Crippen LogP contribution in [0.3, 0.4) is 0 Å². The van der Waals surface area contributed by atoms with Gasteiger partial charge in [-0.3, -0.25) is 0 Å². The Kier molecular flexibility index (Phi) is 4.35. The molecule has 0 atom stereocenters. The van der Waals surface area contributed by atoms with Gasteiger partial charge in [0.2, 0.25) is 0 Å². The van der Waals surface area contributed by atoms with Gasteiger partial charge in [-0.25, -0.2) is 18.2 Å². The van der Waals surface area contributed by atoms with Crippen LogP contribution in [-0.4, -0.2) is 49.1 Å². The molecule has 3 rings (SSSR count). The molecule has 1 aromatic heterocycles. The third kappa shape index (κ3) is 3.55. The smallest absolute Gasteiger partial charge is 0.338 e. The van der Waals surface area contributed by atoms with Crippen molar-refractivity contribution in [2.75, 3.05) is 24.6 Å². The Morgan fingerprint density at radius 3 is 2.55 bits per heavy atom. The maximum Gasteiger partial charge on any atom is 0.338 e. The number of sulfone groups is 1. The van der Waals surface area contributed by atoms with Gasteiger partial charge in [-0.05, 0) is 12.1 Å². The SMILES string of the molecule is O=C(O)c1cccc2ocnc12.O=S1(=O)CCNCC1. The number of para-hydroxylation sites is 1. The number of nitrogens with one attached hydrogen (secondary N) is 1. The number of benzene rings is 1. The highest BCUT2D eigenvalue weighted by Crippen LogP contribution is 2.16. The fourth-order valence-electron chi connectivity index (χ4n) is 1.74. The second kappa shape index (κ2) is 6.02. The van der Waals surface area contributed by atoms with E-state index in [0.717, 1.165) is 0 Å². The number of carboxylic acid groups (broad SMARTS) is 1. The minimum Gasteiger partial charge on any atom is -0.478 e. The molecule has 7 nitrogen and oxygen atoms in total. The monoisotopic (exact) mass is 298 g/mol. The zero-order valence-electron chi connectivity index (χ0n) is 10.6. The standard InChI is InChI=1S/C8H5NO3.C4H9NO2S/c10-8(11)5-2-1-3-6-7(5)9-4-12-6;6-8(7)3-1-5-2-4-8/h1-4H,(H,10,11);5H,1-4H2. The molecule has 8 heteroatoms. The minimum atomic E-state index is -2.65. The van der Waals surface area contributed by atoms with Crippen molar-refractivity contribution in [2.24, 2.45) is 0 Å². The molecule has 1 fully saturated rings. The number of oxazole rings is 1. The summed E-state index contributed by atoms with van der Waals surface area (Å²) in [6, 6.07) is 4.79. The molecule has 0 radical (unpaired) electrons. The maximum absolute atomic E-state index is 10.6. The van der Waals surface area contributed by atoms with Crippen molar-refractivity contribution in [1.29, 1.82) is 0 Å². The number of aromatic nitrogens is 1. The van der Waals surface area contributed by atoms with Crippen LogP contribution >= 0.6 is 0 Å². The van der Waals surface area contributed by atoms with Crippen molar-refractivity contribution in [3.8, 4) is 0 Å². The van der Waals surface area contributed by atoms with Gasteiger partial charge >= 0.3 is 5.97 Å². The predicted octanol–water partition coefficient (Wildman–Crippen LogP) is 0.530. The molecule has 2 aromatic rings. The summed E-state index contributed by atoms with van der Waals surface area (Å²) in [6.07, 6.45) is 1.23. The Hall–Kier alpha value is -1.93. The number of rotatable bonds is 1. The van der Waals surface area contributed by atoms with E-state index in [0.29, 0.717) is 35.7 Å². The van der Waals surface area contributed by atoms with Gasteiger partial charge in [0.15, 0.2) is 21.8 Å². The number of nitrogens with zero attached hydrogens (tertiary/aromatic N) is 1. The molecule has 1 aromatic carbocycles. The van der Waals surface area contributed by atoms with Crippen molar-refractivity contribution in [3.05, 3.63) is 30.2 Å². The summed E-state index contributed by atoms with van der Waals surface area (Å²) in [4.78, 5) is 14.4. The molecule has 0 saturated carbocycles. The Morgan fingerprint density at radius 2 is 2.00 bits per heavy atom. The molecule has 0 aliphatic carbocycles. The zero-order chi connectivity index (χ0) is 14.6. The molecule has 1 aliphatic rings. The summed E-state index contributed by atoms with van der Waals surface area (Å²) in [5.74, 6) is -0.366. The van der Waals surface area contributed by atoms with Crippen molar-refractivity contribution >= 4 is 26.9 Å². The minimum absolute atomic E-state index is 0.168. The van der Waals surface area contributed by atoms with Crippen LogP contribution in [0.1, 0.15) is 10.4 Å². The van der Waals surface area contributed by atoms with Gasteiger partial charge in [-0.1, -0.05) is 6.07 Å². The first-order valence-corrected chi connectivity index (χ1v) is 7.78. The summed E-state index contributed by atoms with van der Waals surface area (Å²) in [5, 5.41) is 11.7. The normalized spacial score (nSPS) is 17.2. The first-order chi connectivity index (χ1) is 9.49. The number of fused-ring (bicyclic) bond motifs is 1. The highest BCUT2D eigenvalue weighted by Gasteiger charge is 2.13. The van der Waals surface area contributed by atoms with E-state index in [2.05, 4.69) is 10.3 Å². The highest BCUT2D eigenvalue weighted by molar-refractivity contribution is 7.91. The molecule has 2 heterocycles. The maximum atomic E-state index is 10.6. The van der Waals surface area contributed by atoms with Crippen LogP contribution in [0.2, 0.25) is 0 Å². The molecular weight excluding hydrogens is 284 g/mol. The third-order valence-electron chi connectivity index (χ3n) is 2.77. The quantitative estimate of drug-likeness (QED) is 0.790.